The Hall–Kier alpha value is -1.71. The minimum Gasteiger partial charge on any atom is -0.310 e. The lowest BCUT2D eigenvalue weighted by Gasteiger charge is -2.06. The first-order chi connectivity index (χ1) is 8.90. The number of nitrogens with one attached hydrogen (secondary N) is 3. The zero-order valence-electron chi connectivity index (χ0n) is 9.89. The van der Waals surface area contributed by atoms with Crippen LogP contribution in [0.1, 0.15) is 10.6 Å². The molecule has 0 amide bonds. The molecule has 0 aliphatic rings. The van der Waals surface area contributed by atoms with Gasteiger partial charge in [0.2, 0.25) is 10.0 Å². The number of rotatable bonds is 4. The molecule has 0 saturated heterocycles. The van der Waals surface area contributed by atoms with Crippen molar-refractivity contribution in [3.63, 3.8) is 0 Å². The molecule has 3 N–H and O–H groups in total. The van der Waals surface area contributed by atoms with Gasteiger partial charge in [-0.25, -0.2) is 17.9 Å². The van der Waals surface area contributed by atoms with E-state index in [4.69, 9.17) is 0 Å². The Morgan fingerprint density at radius 3 is 2.63 bits per heavy atom. The summed E-state index contributed by atoms with van der Waals surface area (Å²) in [7, 11) is -3.97. The van der Waals surface area contributed by atoms with E-state index in [1.54, 1.807) is 12.1 Å². The summed E-state index contributed by atoms with van der Waals surface area (Å²) in [5.74, 6) is 0. The number of aromatic nitrogens is 2. The molecule has 0 aliphatic carbocycles. The second-order valence-corrected chi connectivity index (χ2v) is 6.50. The molecular formula is C10H11N3O4S2. The van der Waals surface area contributed by atoms with Crippen molar-refractivity contribution >= 4 is 21.4 Å². The van der Waals surface area contributed by atoms with Crippen molar-refractivity contribution in [2.45, 2.75) is 18.4 Å². The Morgan fingerprint density at radius 2 is 2.05 bits per heavy atom. The fourth-order valence-electron chi connectivity index (χ4n) is 1.56. The van der Waals surface area contributed by atoms with E-state index in [1.807, 2.05) is 10.4 Å². The molecule has 0 atom stereocenters. The lowest BCUT2D eigenvalue weighted by Crippen LogP contribution is -2.34. The van der Waals surface area contributed by atoms with Crippen LogP contribution in [0.25, 0.3) is 0 Å². The summed E-state index contributed by atoms with van der Waals surface area (Å²) in [6.45, 7) is 1.45. The average Bonchev–Trinajstić information content (AvgIpc) is 2.77. The Labute approximate surface area is 112 Å². The van der Waals surface area contributed by atoms with Crippen molar-refractivity contribution in [1.82, 2.24) is 14.7 Å². The van der Waals surface area contributed by atoms with Crippen LogP contribution in [-0.2, 0) is 16.6 Å². The summed E-state index contributed by atoms with van der Waals surface area (Å²) in [5, 5.41) is 1.82. The number of hydrogen-bond acceptors (Lipinski definition) is 5. The normalized spacial score (nSPS) is 11.6. The van der Waals surface area contributed by atoms with Gasteiger partial charge in [-0.15, -0.1) is 11.3 Å². The van der Waals surface area contributed by atoms with Crippen LogP contribution in [0.3, 0.4) is 0 Å². The zero-order valence-corrected chi connectivity index (χ0v) is 11.5. The fourth-order valence-corrected chi connectivity index (χ4v) is 3.54. The van der Waals surface area contributed by atoms with E-state index in [-0.39, 0.29) is 12.2 Å². The molecule has 2 aromatic rings. The van der Waals surface area contributed by atoms with Gasteiger partial charge < -0.3 is 4.98 Å². The van der Waals surface area contributed by atoms with Crippen molar-refractivity contribution < 1.29 is 8.42 Å². The molecule has 0 fully saturated rings. The monoisotopic (exact) mass is 301 g/mol. The molecule has 102 valence electrons. The molecule has 9 heteroatoms. The lowest BCUT2D eigenvalue weighted by molar-refractivity contribution is 0.578. The molecule has 2 heterocycles. The number of sulfonamides is 1. The minimum absolute atomic E-state index is 0.00688. The van der Waals surface area contributed by atoms with E-state index in [2.05, 4.69) is 9.71 Å². The molecule has 2 rings (SSSR count). The summed E-state index contributed by atoms with van der Waals surface area (Å²) in [6, 6.07) is 3.57. The van der Waals surface area contributed by atoms with E-state index >= 15 is 0 Å². The Morgan fingerprint density at radius 1 is 1.32 bits per heavy atom. The van der Waals surface area contributed by atoms with E-state index in [1.165, 1.54) is 18.3 Å². The maximum atomic E-state index is 12.0. The third-order valence-corrected chi connectivity index (χ3v) is 4.79. The van der Waals surface area contributed by atoms with Gasteiger partial charge in [0.25, 0.3) is 5.56 Å². The van der Waals surface area contributed by atoms with Crippen molar-refractivity contribution in [3.05, 3.63) is 48.9 Å². The highest BCUT2D eigenvalue weighted by molar-refractivity contribution is 7.89. The van der Waals surface area contributed by atoms with Gasteiger partial charge in [-0.2, -0.15) is 0 Å². The Balaban J connectivity index is 2.35. The molecule has 0 aromatic carbocycles. The van der Waals surface area contributed by atoms with Gasteiger partial charge in [-0.3, -0.25) is 9.78 Å². The van der Waals surface area contributed by atoms with Gasteiger partial charge in [-0.1, -0.05) is 6.07 Å². The van der Waals surface area contributed by atoms with Crippen molar-refractivity contribution in [2.75, 3.05) is 0 Å². The molecule has 0 radical (unpaired) electrons. The average molecular weight is 301 g/mol. The third-order valence-electron chi connectivity index (χ3n) is 2.36. The maximum absolute atomic E-state index is 12.0. The van der Waals surface area contributed by atoms with Gasteiger partial charge >= 0.3 is 5.69 Å². The summed E-state index contributed by atoms with van der Waals surface area (Å²) >= 11 is 1.40. The zero-order chi connectivity index (χ0) is 14.0. The first kappa shape index (κ1) is 13.7. The molecule has 0 saturated carbocycles. The van der Waals surface area contributed by atoms with Crippen LogP contribution in [0.4, 0.5) is 0 Å². The second kappa shape index (κ2) is 5.11. The topological polar surface area (TPSA) is 112 Å². The summed E-state index contributed by atoms with van der Waals surface area (Å²) < 4.78 is 26.4. The van der Waals surface area contributed by atoms with Gasteiger partial charge in [0.1, 0.15) is 0 Å². The second-order valence-electron chi connectivity index (χ2n) is 3.77. The molecule has 0 unspecified atom stereocenters. The fraction of sp³-hybridized carbons (Fsp3) is 0.200. The van der Waals surface area contributed by atoms with Crippen LogP contribution in [-0.4, -0.2) is 18.4 Å². The van der Waals surface area contributed by atoms with E-state index < -0.39 is 26.2 Å². The molecule has 0 bridgehead atoms. The predicted octanol–water partition coefficient (Wildman–Crippen LogP) is -0.0884. The highest BCUT2D eigenvalue weighted by Gasteiger charge is 2.21. The van der Waals surface area contributed by atoms with Crippen LogP contribution in [0, 0.1) is 6.92 Å². The largest absolute Gasteiger partial charge is 0.325 e. The number of thiophene rings is 1. The number of H-pyrrole nitrogens is 2. The molecule has 19 heavy (non-hydrogen) atoms. The molecule has 2 aromatic heterocycles. The van der Waals surface area contributed by atoms with Gasteiger partial charge in [0, 0.05) is 17.1 Å². The number of hydrogen-bond donors (Lipinski definition) is 3. The molecule has 0 aliphatic heterocycles. The summed E-state index contributed by atoms with van der Waals surface area (Å²) in [6.07, 6.45) is 0. The van der Waals surface area contributed by atoms with Crippen LogP contribution in [0.2, 0.25) is 0 Å². The standard InChI is InChI=1S/C10H11N3O4S2/c1-6-8(9(14)13-10(15)12-6)19(16,17)11-5-7-3-2-4-18-7/h2-4,11H,5H2,1H3,(H2,12,13,14,15). The SMILES string of the molecule is Cc1[nH]c(=O)[nH]c(=O)c1S(=O)(=O)NCc1cccs1. The van der Waals surface area contributed by atoms with Gasteiger partial charge in [0.15, 0.2) is 4.90 Å². The Bertz CT molecular complexity index is 787. The van der Waals surface area contributed by atoms with Gasteiger partial charge in [-0.05, 0) is 18.4 Å². The molecule has 0 spiro atoms. The van der Waals surface area contributed by atoms with Crippen LogP contribution in [0.5, 0.6) is 0 Å². The molecular weight excluding hydrogens is 290 g/mol. The lowest BCUT2D eigenvalue weighted by atomic mass is 10.4. The van der Waals surface area contributed by atoms with E-state index in [9.17, 15) is 18.0 Å². The van der Waals surface area contributed by atoms with E-state index in [0.717, 1.165) is 4.88 Å². The summed E-state index contributed by atoms with van der Waals surface area (Å²) in [4.78, 5) is 27.1. The first-order valence-electron chi connectivity index (χ1n) is 5.25. The van der Waals surface area contributed by atoms with Crippen LogP contribution in [0.15, 0.2) is 32.0 Å². The van der Waals surface area contributed by atoms with Crippen molar-refractivity contribution in [2.24, 2.45) is 0 Å². The smallest absolute Gasteiger partial charge is 0.310 e. The highest BCUT2D eigenvalue weighted by Crippen LogP contribution is 2.10. The first-order valence-corrected chi connectivity index (χ1v) is 7.61. The van der Waals surface area contributed by atoms with Crippen molar-refractivity contribution in [3.8, 4) is 0 Å². The number of aromatic amines is 2. The summed E-state index contributed by atoms with van der Waals surface area (Å²) in [5.41, 5.74) is -1.66. The highest BCUT2D eigenvalue weighted by atomic mass is 32.2. The van der Waals surface area contributed by atoms with E-state index in [0.29, 0.717) is 0 Å². The maximum Gasteiger partial charge on any atom is 0.325 e. The van der Waals surface area contributed by atoms with Gasteiger partial charge in [0.05, 0.1) is 0 Å². The number of aryl methyl sites for hydroxylation is 1. The third kappa shape index (κ3) is 3.00. The minimum atomic E-state index is -3.97. The van der Waals surface area contributed by atoms with Crippen LogP contribution < -0.4 is 16.0 Å². The predicted molar refractivity (Wildman–Crippen MR) is 70.8 cm³/mol. The molecule has 7 nitrogen and oxygen atoms in total. The van der Waals surface area contributed by atoms with Crippen molar-refractivity contribution in [1.29, 1.82) is 0 Å². The quantitative estimate of drug-likeness (QED) is 0.732. The van der Waals surface area contributed by atoms with Crippen LogP contribution >= 0.6 is 11.3 Å². The Kier molecular flexibility index (Phi) is 3.69.